The lowest BCUT2D eigenvalue weighted by atomic mass is 10.2. The minimum absolute atomic E-state index is 0.0301. The molecule has 0 spiro atoms. The normalized spacial score (nSPS) is 12.3. The van der Waals surface area contributed by atoms with E-state index in [4.69, 9.17) is 10.5 Å². The van der Waals surface area contributed by atoms with Gasteiger partial charge in [0, 0.05) is 32.3 Å². The number of nitrogens with zero attached hydrogens (tertiary/aromatic N) is 1. The molecule has 1 unspecified atom stereocenters. The number of rotatable bonds is 5. The van der Waals surface area contributed by atoms with Crippen LogP contribution in [0.4, 0.5) is 8.78 Å². The molecule has 0 radical (unpaired) electrons. The van der Waals surface area contributed by atoms with Gasteiger partial charge >= 0.3 is 0 Å². The van der Waals surface area contributed by atoms with Crippen molar-refractivity contribution in [2.75, 3.05) is 20.8 Å². The first-order valence-corrected chi connectivity index (χ1v) is 5.39. The number of benzene rings is 1. The maximum atomic E-state index is 13.4. The molecule has 6 heteroatoms. The summed E-state index contributed by atoms with van der Waals surface area (Å²) in [6.07, 6.45) is 0. The first-order valence-electron chi connectivity index (χ1n) is 5.39. The summed E-state index contributed by atoms with van der Waals surface area (Å²) in [6.45, 7) is 0.122. The molecule has 0 bridgehead atoms. The van der Waals surface area contributed by atoms with Gasteiger partial charge in [-0.15, -0.1) is 0 Å². The number of methoxy groups -OCH3 is 1. The van der Waals surface area contributed by atoms with E-state index in [2.05, 4.69) is 0 Å². The Kier molecular flexibility index (Phi) is 5.18. The van der Waals surface area contributed by atoms with E-state index in [9.17, 15) is 13.6 Å². The van der Waals surface area contributed by atoms with Crippen LogP contribution in [0.5, 0.6) is 0 Å². The minimum atomic E-state index is -0.788. The largest absolute Gasteiger partial charge is 0.383 e. The standard InChI is InChI=1S/C12H16F2N2O2/c1-16(12(17)11(15)7-18-2)6-8-3-4-9(13)5-10(8)14/h3-5,11H,6-7,15H2,1-2H3. The average molecular weight is 258 g/mol. The first kappa shape index (κ1) is 14.5. The number of halogens is 2. The van der Waals surface area contributed by atoms with Gasteiger partial charge in [-0.1, -0.05) is 6.07 Å². The highest BCUT2D eigenvalue weighted by Crippen LogP contribution is 2.11. The van der Waals surface area contributed by atoms with Crippen molar-refractivity contribution in [3.63, 3.8) is 0 Å². The van der Waals surface area contributed by atoms with Gasteiger partial charge < -0.3 is 15.4 Å². The summed E-state index contributed by atoms with van der Waals surface area (Å²) in [5.74, 6) is -1.70. The smallest absolute Gasteiger partial charge is 0.241 e. The molecule has 0 aliphatic carbocycles. The van der Waals surface area contributed by atoms with Crippen LogP contribution in [0.2, 0.25) is 0 Å². The minimum Gasteiger partial charge on any atom is -0.383 e. The lowest BCUT2D eigenvalue weighted by Crippen LogP contribution is -2.44. The van der Waals surface area contributed by atoms with E-state index < -0.39 is 17.7 Å². The fraction of sp³-hybridized carbons (Fsp3) is 0.417. The van der Waals surface area contributed by atoms with E-state index in [1.54, 1.807) is 0 Å². The molecule has 0 heterocycles. The second kappa shape index (κ2) is 6.42. The van der Waals surface area contributed by atoms with Crippen LogP contribution >= 0.6 is 0 Å². The van der Waals surface area contributed by atoms with Gasteiger partial charge in [-0.25, -0.2) is 8.78 Å². The summed E-state index contributed by atoms with van der Waals surface area (Å²) in [5, 5.41) is 0. The van der Waals surface area contributed by atoms with Gasteiger partial charge in [0.15, 0.2) is 0 Å². The van der Waals surface area contributed by atoms with E-state index in [1.165, 1.54) is 25.1 Å². The molecule has 0 aromatic heterocycles. The van der Waals surface area contributed by atoms with Crippen LogP contribution < -0.4 is 5.73 Å². The molecule has 0 aliphatic rings. The molecule has 0 aliphatic heterocycles. The van der Waals surface area contributed by atoms with Gasteiger partial charge in [0.2, 0.25) is 5.91 Å². The van der Waals surface area contributed by atoms with Crippen LogP contribution in [0.25, 0.3) is 0 Å². The Bertz CT molecular complexity index is 427. The predicted molar refractivity (Wildman–Crippen MR) is 62.7 cm³/mol. The van der Waals surface area contributed by atoms with Gasteiger partial charge in [-0.3, -0.25) is 4.79 Å². The molecule has 18 heavy (non-hydrogen) atoms. The van der Waals surface area contributed by atoms with E-state index in [1.807, 2.05) is 0 Å². The summed E-state index contributed by atoms with van der Waals surface area (Å²) < 4.78 is 30.9. The lowest BCUT2D eigenvalue weighted by molar-refractivity contribution is -0.133. The average Bonchev–Trinajstić information content (AvgIpc) is 2.32. The lowest BCUT2D eigenvalue weighted by Gasteiger charge is -2.21. The molecule has 1 aromatic rings. The number of hydrogen-bond donors (Lipinski definition) is 1. The molecule has 1 atom stereocenters. The maximum absolute atomic E-state index is 13.4. The van der Waals surface area contributed by atoms with Gasteiger partial charge in [0.1, 0.15) is 17.7 Å². The molecule has 1 amide bonds. The maximum Gasteiger partial charge on any atom is 0.241 e. The molecule has 0 saturated carbocycles. The summed E-state index contributed by atoms with van der Waals surface area (Å²) in [7, 11) is 2.94. The zero-order chi connectivity index (χ0) is 13.7. The second-order valence-electron chi connectivity index (χ2n) is 3.99. The van der Waals surface area contributed by atoms with E-state index in [0.717, 1.165) is 12.1 Å². The molecular formula is C12H16F2N2O2. The van der Waals surface area contributed by atoms with Crippen LogP contribution in [0.3, 0.4) is 0 Å². The molecule has 4 nitrogen and oxygen atoms in total. The van der Waals surface area contributed by atoms with Crippen LogP contribution in [-0.4, -0.2) is 37.6 Å². The Labute approximate surface area is 104 Å². The van der Waals surface area contributed by atoms with Crippen molar-refractivity contribution in [1.29, 1.82) is 0 Å². The van der Waals surface area contributed by atoms with Gasteiger partial charge in [-0.05, 0) is 6.07 Å². The highest BCUT2D eigenvalue weighted by molar-refractivity contribution is 5.81. The first-order chi connectivity index (χ1) is 8.45. The van der Waals surface area contributed by atoms with Crippen molar-refractivity contribution >= 4 is 5.91 Å². The van der Waals surface area contributed by atoms with Crippen LogP contribution in [0, 0.1) is 11.6 Å². The molecule has 2 N–H and O–H groups in total. The Morgan fingerprint density at radius 3 is 2.72 bits per heavy atom. The zero-order valence-corrected chi connectivity index (χ0v) is 10.3. The third kappa shape index (κ3) is 3.75. The summed E-state index contributed by atoms with van der Waals surface area (Å²) >= 11 is 0. The summed E-state index contributed by atoms with van der Waals surface area (Å²) in [6, 6.07) is 2.44. The fourth-order valence-electron chi connectivity index (χ4n) is 1.52. The Hall–Kier alpha value is -1.53. The third-order valence-electron chi connectivity index (χ3n) is 2.46. The van der Waals surface area contributed by atoms with Crippen molar-refractivity contribution in [3.05, 3.63) is 35.4 Å². The number of amides is 1. The van der Waals surface area contributed by atoms with E-state index >= 15 is 0 Å². The SMILES string of the molecule is COCC(N)C(=O)N(C)Cc1ccc(F)cc1F. The molecule has 0 fully saturated rings. The van der Waals surface area contributed by atoms with Crippen LogP contribution in [0.1, 0.15) is 5.56 Å². The fourth-order valence-corrected chi connectivity index (χ4v) is 1.52. The molecular weight excluding hydrogens is 242 g/mol. The number of ether oxygens (including phenoxy) is 1. The van der Waals surface area contributed by atoms with Crippen molar-refractivity contribution in [1.82, 2.24) is 4.90 Å². The van der Waals surface area contributed by atoms with Crippen molar-refractivity contribution in [3.8, 4) is 0 Å². The van der Waals surface area contributed by atoms with Crippen molar-refractivity contribution < 1.29 is 18.3 Å². The van der Waals surface area contributed by atoms with Gasteiger partial charge in [-0.2, -0.15) is 0 Å². The second-order valence-corrected chi connectivity index (χ2v) is 3.99. The molecule has 100 valence electrons. The third-order valence-corrected chi connectivity index (χ3v) is 2.46. The number of nitrogens with two attached hydrogens (primary N) is 1. The van der Waals surface area contributed by atoms with Crippen LogP contribution in [-0.2, 0) is 16.1 Å². The van der Waals surface area contributed by atoms with Crippen LogP contribution in [0.15, 0.2) is 18.2 Å². The Morgan fingerprint density at radius 1 is 1.50 bits per heavy atom. The predicted octanol–water partition coefficient (Wildman–Crippen LogP) is 0.897. The van der Waals surface area contributed by atoms with E-state index in [0.29, 0.717) is 0 Å². The topological polar surface area (TPSA) is 55.6 Å². The number of hydrogen-bond acceptors (Lipinski definition) is 3. The number of carbonyl (C=O) groups excluding carboxylic acids is 1. The number of likely N-dealkylation sites (N-methyl/N-ethyl adjacent to an activating group) is 1. The summed E-state index contributed by atoms with van der Waals surface area (Å²) in [5.41, 5.74) is 5.81. The van der Waals surface area contributed by atoms with Crippen molar-refractivity contribution in [2.45, 2.75) is 12.6 Å². The summed E-state index contributed by atoms with van der Waals surface area (Å²) in [4.78, 5) is 13.0. The molecule has 1 aromatic carbocycles. The van der Waals surface area contributed by atoms with E-state index in [-0.39, 0.29) is 24.6 Å². The molecule has 0 saturated heterocycles. The highest BCUT2D eigenvalue weighted by Gasteiger charge is 2.18. The zero-order valence-electron chi connectivity index (χ0n) is 10.3. The van der Waals surface area contributed by atoms with Gasteiger partial charge in [0.05, 0.1) is 6.61 Å². The van der Waals surface area contributed by atoms with Crippen molar-refractivity contribution in [2.24, 2.45) is 5.73 Å². The Balaban J connectivity index is 2.69. The Morgan fingerprint density at radius 2 is 2.17 bits per heavy atom. The monoisotopic (exact) mass is 258 g/mol. The van der Waals surface area contributed by atoms with Gasteiger partial charge in [0.25, 0.3) is 0 Å². The quantitative estimate of drug-likeness (QED) is 0.853. The number of carbonyl (C=O) groups is 1. The molecule has 1 rings (SSSR count). The highest BCUT2D eigenvalue weighted by atomic mass is 19.1.